The summed E-state index contributed by atoms with van der Waals surface area (Å²) in [5.74, 6) is -0.0933. The van der Waals surface area contributed by atoms with Gasteiger partial charge in [0.05, 0.1) is 6.54 Å². The zero-order valence-electron chi connectivity index (χ0n) is 13.6. The molecule has 0 unspecified atom stereocenters. The van der Waals surface area contributed by atoms with Crippen LogP contribution in [0.1, 0.15) is 31.6 Å². The van der Waals surface area contributed by atoms with Gasteiger partial charge in [0.2, 0.25) is 5.91 Å². The molecule has 0 aliphatic rings. The zero-order valence-corrected chi connectivity index (χ0v) is 14.4. The lowest BCUT2D eigenvalue weighted by Gasteiger charge is -2.26. The average molecular weight is 334 g/mol. The lowest BCUT2D eigenvalue weighted by molar-refractivity contribution is -0.133. The summed E-state index contributed by atoms with van der Waals surface area (Å²) in [5.41, 5.74) is 6.48. The molecule has 1 aromatic carbocycles. The number of nitrogens with zero attached hydrogens (tertiary/aromatic N) is 1. The number of hydrogen-bond donors (Lipinski definition) is 1. The maximum atomic E-state index is 13.0. The van der Waals surface area contributed by atoms with Gasteiger partial charge in [-0.1, -0.05) is 12.1 Å². The first kappa shape index (κ1) is 17.6. The molecule has 0 spiro atoms. The van der Waals surface area contributed by atoms with Crippen molar-refractivity contribution in [1.29, 1.82) is 0 Å². The van der Waals surface area contributed by atoms with Crippen molar-refractivity contribution in [1.82, 2.24) is 4.90 Å². The molecule has 0 saturated carbocycles. The van der Waals surface area contributed by atoms with Crippen LogP contribution in [0, 0.1) is 5.82 Å². The maximum absolute atomic E-state index is 13.0. The average Bonchev–Trinajstić information content (AvgIpc) is 2.99. The van der Waals surface area contributed by atoms with Gasteiger partial charge in [-0.3, -0.25) is 4.79 Å². The van der Waals surface area contributed by atoms with E-state index in [2.05, 4.69) is 0 Å². The number of carbonyl (C=O) groups excluding carboxylic acids is 1. The second kappa shape index (κ2) is 8.22. The van der Waals surface area contributed by atoms with E-state index in [1.54, 1.807) is 23.5 Å². The Morgan fingerprint density at radius 1 is 1.22 bits per heavy atom. The predicted octanol–water partition coefficient (Wildman–Crippen LogP) is 4.03. The predicted molar refractivity (Wildman–Crippen MR) is 93.7 cm³/mol. The first-order valence-electron chi connectivity index (χ1n) is 7.85. The van der Waals surface area contributed by atoms with E-state index < -0.39 is 0 Å². The molecule has 0 radical (unpaired) electrons. The van der Waals surface area contributed by atoms with Crippen molar-refractivity contribution in [2.45, 2.75) is 39.3 Å². The monoisotopic (exact) mass is 334 g/mol. The van der Waals surface area contributed by atoms with E-state index in [1.165, 1.54) is 12.1 Å². The molecule has 1 heterocycles. The lowest BCUT2D eigenvalue weighted by Crippen LogP contribution is -2.36. The lowest BCUT2D eigenvalue weighted by atomic mass is 10.2. The Balaban J connectivity index is 2.09. The van der Waals surface area contributed by atoms with Gasteiger partial charge >= 0.3 is 0 Å². The van der Waals surface area contributed by atoms with E-state index in [0.29, 0.717) is 25.9 Å². The van der Waals surface area contributed by atoms with Crippen LogP contribution in [0.5, 0.6) is 0 Å². The van der Waals surface area contributed by atoms with E-state index in [0.717, 1.165) is 15.3 Å². The number of hydrogen-bond acceptors (Lipinski definition) is 3. The number of nitrogens with two attached hydrogens (primary N) is 1. The Bertz CT molecular complexity index is 637. The highest BCUT2D eigenvalue weighted by atomic mass is 32.1. The normalized spacial score (nSPS) is 11.0. The molecule has 124 valence electrons. The minimum atomic E-state index is -0.234. The van der Waals surface area contributed by atoms with Crippen LogP contribution in [0.3, 0.4) is 0 Å². The molecular weight excluding hydrogens is 311 g/mol. The maximum Gasteiger partial charge on any atom is 0.223 e. The topological polar surface area (TPSA) is 46.3 Å². The van der Waals surface area contributed by atoms with Crippen molar-refractivity contribution >= 4 is 17.2 Å². The fourth-order valence-electron chi connectivity index (χ4n) is 2.36. The first-order chi connectivity index (χ1) is 11.0. The fraction of sp³-hybridized carbons (Fsp3) is 0.389. The van der Waals surface area contributed by atoms with Crippen molar-refractivity contribution in [3.8, 4) is 10.4 Å². The number of carbonyl (C=O) groups is 1. The van der Waals surface area contributed by atoms with Crippen LogP contribution in [-0.2, 0) is 11.3 Å². The van der Waals surface area contributed by atoms with Gasteiger partial charge in [0.25, 0.3) is 0 Å². The summed E-state index contributed by atoms with van der Waals surface area (Å²) in [4.78, 5) is 16.4. The molecule has 0 saturated heterocycles. The molecule has 0 bridgehead atoms. The second-order valence-corrected chi connectivity index (χ2v) is 6.95. The van der Waals surface area contributed by atoms with Crippen LogP contribution in [0.4, 0.5) is 4.39 Å². The molecular formula is C18H23FN2OS. The molecule has 2 N–H and O–H groups in total. The Morgan fingerprint density at radius 2 is 1.91 bits per heavy atom. The third kappa shape index (κ3) is 4.88. The highest BCUT2D eigenvalue weighted by Gasteiger charge is 2.17. The van der Waals surface area contributed by atoms with Crippen LogP contribution in [0.15, 0.2) is 36.4 Å². The highest BCUT2D eigenvalue weighted by Crippen LogP contribution is 2.29. The summed E-state index contributed by atoms with van der Waals surface area (Å²) in [7, 11) is 0. The summed E-state index contributed by atoms with van der Waals surface area (Å²) < 4.78 is 13.0. The van der Waals surface area contributed by atoms with E-state index >= 15 is 0 Å². The van der Waals surface area contributed by atoms with Gasteiger partial charge in [0.1, 0.15) is 5.82 Å². The van der Waals surface area contributed by atoms with Gasteiger partial charge in [-0.05, 0) is 56.6 Å². The number of thiophene rings is 1. The summed E-state index contributed by atoms with van der Waals surface area (Å²) in [5, 5.41) is 0. The van der Waals surface area contributed by atoms with Crippen molar-refractivity contribution < 1.29 is 9.18 Å². The minimum Gasteiger partial charge on any atom is -0.335 e. The zero-order chi connectivity index (χ0) is 16.8. The smallest absolute Gasteiger partial charge is 0.223 e. The molecule has 2 aromatic rings. The van der Waals surface area contributed by atoms with Crippen molar-refractivity contribution in [2.24, 2.45) is 5.73 Å². The fourth-order valence-corrected chi connectivity index (χ4v) is 3.37. The molecule has 1 amide bonds. The van der Waals surface area contributed by atoms with Crippen molar-refractivity contribution in [3.05, 3.63) is 47.1 Å². The summed E-state index contributed by atoms with van der Waals surface area (Å²) >= 11 is 1.64. The van der Waals surface area contributed by atoms with Gasteiger partial charge in [-0.25, -0.2) is 4.39 Å². The molecule has 3 nitrogen and oxygen atoms in total. The molecule has 1 aromatic heterocycles. The van der Waals surface area contributed by atoms with E-state index in [4.69, 9.17) is 5.73 Å². The Kier molecular flexibility index (Phi) is 6.30. The molecule has 0 atom stereocenters. The third-order valence-electron chi connectivity index (χ3n) is 3.66. The SMILES string of the molecule is CC(C)N(Cc1ccc(-c2ccc(F)cc2)s1)C(=O)CCCN. The summed E-state index contributed by atoms with van der Waals surface area (Å²) in [6.45, 7) is 5.18. The van der Waals surface area contributed by atoms with E-state index in [1.807, 2.05) is 30.9 Å². The van der Waals surface area contributed by atoms with Gasteiger partial charge in [0.15, 0.2) is 0 Å². The number of amides is 1. The number of halogens is 1. The third-order valence-corrected chi connectivity index (χ3v) is 4.77. The molecule has 23 heavy (non-hydrogen) atoms. The highest BCUT2D eigenvalue weighted by molar-refractivity contribution is 7.15. The Morgan fingerprint density at radius 3 is 2.52 bits per heavy atom. The second-order valence-electron chi connectivity index (χ2n) is 5.78. The summed E-state index contributed by atoms with van der Waals surface area (Å²) in [6, 6.07) is 10.7. The minimum absolute atomic E-state index is 0.141. The number of benzene rings is 1. The molecule has 0 aliphatic heterocycles. The summed E-state index contributed by atoms with van der Waals surface area (Å²) in [6.07, 6.45) is 1.21. The van der Waals surface area contributed by atoms with Crippen LogP contribution in [0.25, 0.3) is 10.4 Å². The van der Waals surface area contributed by atoms with E-state index in [9.17, 15) is 9.18 Å². The standard InChI is InChI=1S/C18H23FN2OS/c1-13(2)21(18(22)4-3-11-20)12-16-9-10-17(23-16)14-5-7-15(19)8-6-14/h5-10,13H,3-4,11-12,20H2,1-2H3. The Labute approximate surface area is 140 Å². The quantitative estimate of drug-likeness (QED) is 0.831. The van der Waals surface area contributed by atoms with Crippen LogP contribution in [-0.4, -0.2) is 23.4 Å². The van der Waals surface area contributed by atoms with Crippen LogP contribution < -0.4 is 5.73 Å². The Hall–Kier alpha value is -1.72. The molecule has 0 aliphatic carbocycles. The molecule has 0 fully saturated rings. The van der Waals surface area contributed by atoms with Crippen LogP contribution in [0.2, 0.25) is 0 Å². The van der Waals surface area contributed by atoms with Crippen molar-refractivity contribution in [2.75, 3.05) is 6.54 Å². The van der Waals surface area contributed by atoms with Crippen LogP contribution >= 0.6 is 11.3 Å². The molecule has 2 rings (SSSR count). The van der Waals surface area contributed by atoms with Gasteiger partial charge in [-0.15, -0.1) is 11.3 Å². The molecule has 5 heteroatoms. The van der Waals surface area contributed by atoms with Crippen molar-refractivity contribution in [3.63, 3.8) is 0 Å². The largest absolute Gasteiger partial charge is 0.335 e. The van der Waals surface area contributed by atoms with Gasteiger partial charge in [-0.2, -0.15) is 0 Å². The van der Waals surface area contributed by atoms with Gasteiger partial charge in [0, 0.05) is 22.2 Å². The first-order valence-corrected chi connectivity index (χ1v) is 8.67. The number of rotatable bonds is 7. The van der Waals surface area contributed by atoms with E-state index in [-0.39, 0.29) is 17.8 Å². The van der Waals surface area contributed by atoms with Gasteiger partial charge < -0.3 is 10.6 Å².